The fourth-order valence-corrected chi connectivity index (χ4v) is 4.90. The molecule has 0 aliphatic carbocycles. The molecule has 0 unspecified atom stereocenters. The van der Waals surface area contributed by atoms with Gasteiger partial charge in [-0.1, -0.05) is 91.3 Å². The van der Waals surface area contributed by atoms with Gasteiger partial charge in [0, 0.05) is 42.4 Å². The van der Waals surface area contributed by atoms with Crippen molar-refractivity contribution >= 4 is 27.5 Å². The first-order valence-electron chi connectivity index (χ1n) is 14.5. The van der Waals surface area contributed by atoms with Crippen molar-refractivity contribution in [2.45, 2.75) is 88.0 Å². The minimum Gasteiger partial charge on any atom is -0.512 e. The molecule has 1 aromatic heterocycles. The molecule has 0 aliphatic rings. The Kier molecular flexibility index (Phi) is 12.0. The molecule has 0 spiro atoms. The number of carbonyl (C=O) groups excluding carboxylic acids is 1. The van der Waals surface area contributed by atoms with Crippen LogP contribution in [0.4, 0.5) is 0 Å². The van der Waals surface area contributed by atoms with E-state index >= 15 is 0 Å². The number of ketones is 1. The van der Waals surface area contributed by atoms with Gasteiger partial charge < -0.3 is 5.11 Å². The predicted molar refractivity (Wildman–Crippen MR) is 169 cm³/mol. The van der Waals surface area contributed by atoms with Crippen LogP contribution in [0.5, 0.6) is 0 Å². The maximum atomic E-state index is 12.2. The molecule has 4 rings (SSSR count). The van der Waals surface area contributed by atoms with Gasteiger partial charge >= 0.3 is 0 Å². The number of nitrogens with zero attached hydrogens (tertiary/aromatic N) is 2. The zero-order chi connectivity index (χ0) is 29.7. The molecule has 0 atom stereocenters. The van der Waals surface area contributed by atoms with Crippen LogP contribution in [0.2, 0.25) is 0 Å². The van der Waals surface area contributed by atoms with E-state index in [-0.39, 0.29) is 42.5 Å². The van der Waals surface area contributed by atoms with Crippen LogP contribution in [-0.2, 0) is 24.9 Å². The number of aryl methyl sites for hydroxylation is 3. The number of carbonyl (C=O) groups is 1. The van der Waals surface area contributed by atoms with Crippen LogP contribution in [0.15, 0.2) is 60.6 Å². The van der Waals surface area contributed by atoms with Gasteiger partial charge in [0.05, 0.1) is 5.52 Å². The summed E-state index contributed by atoms with van der Waals surface area (Å²) in [6, 6.07) is 18.4. The molecule has 0 amide bonds. The molecule has 221 valence electrons. The Balaban J connectivity index is 0.000000296. The summed E-state index contributed by atoms with van der Waals surface area (Å²) < 4.78 is 0. The number of hydrogen-bond acceptors (Lipinski definition) is 4. The molecular weight excluding hydrogens is 685 g/mol. The number of fused-ring (bicyclic) bond motifs is 3. The smallest absolute Gasteiger partial charge is 0.164 e. The molecule has 4 aromatic rings. The molecule has 41 heavy (non-hydrogen) atoms. The largest absolute Gasteiger partial charge is 0.512 e. The van der Waals surface area contributed by atoms with E-state index in [4.69, 9.17) is 0 Å². The van der Waals surface area contributed by atoms with Crippen molar-refractivity contribution in [1.82, 2.24) is 9.97 Å². The maximum Gasteiger partial charge on any atom is 0.164 e. The Labute approximate surface area is 260 Å². The molecule has 0 bridgehead atoms. The van der Waals surface area contributed by atoms with Gasteiger partial charge in [-0.05, 0) is 49.1 Å². The van der Waals surface area contributed by atoms with Crippen LogP contribution in [0.3, 0.4) is 0 Å². The van der Waals surface area contributed by atoms with Crippen molar-refractivity contribution < 1.29 is 30.0 Å². The van der Waals surface area contributed by atoms with E-state index in [1.54, 1.807) is 6.33 Å². The molecule has 1 heterocycles. The third kappa shape index (κ3) is 7.70. The third-order valence-electron chi connectivity index (χ3n) is 8.78. The second-order valence-electron chi connectivity index (χ2n) is 11.6. The quantitative estimate of drug-likeness (QED) is 0.0849. The maximum absolute atomic E-state index is 12.2. The van der Waals surface area contributed by atoms with Crippen LogP contribution in [0, 0.1) is 37.7 Å². The average Bonchev–Trinajstić information content (AvgIpc) is 2.95. The summed E-state index contributed by atoms with van der Waals surface area (Å²) in [6.07, 6.45) is 6.41. The van der Waals surface area contributed by atoms with E-state index in [0.29, 0.717) is 0 Å². The number of aliphatic hydroxyl groups excluding tert-OH is 1. The molecule has 1 radical (unpaired) electrons. The zero-order valence-corrected chi connectivity index (χ0v) is 28.5. The summed E-state index contributed by atoms with van der Waals surface area (Å²) in [4.78, 5) is 21.3. The Morgan fingerprint density at radius 2 is 1.44 bits per heavy atom. The fraction of sp³-hybridized carbons (Fsp3) is 0.417. The zero-order valence-electron chi connectivity index (χ0n) is 26.1. The normalized spacial score (nSPS) is 12.1. The minimum atomic E-state index is -0.337. The van der Waals surface area contributed by atoms with E-state index in [0.717, 1.165) is 53.4 Å². The van der Waals surface area contributed by atoms with Gasteiger partial charge in [-0.15, -0.1) is 34.9 Å². The van der Waals surface area contributed by atoms with Crippen LogP contribution < -0.4 is 0 Å². The van der Waals surface area contributed by atoms with Crippen molar-refractivity contribution in [1.29, 1.82) is 0 Å². The topological polar surface area (TPSA) is 63.1 Å². The summed E-state index contributed by atoms with van der Waals surface area (Å²) in [5.74, 6) is 0.286. The van der Waals surface area contributed by atoms with Crippen molar-refractivity contribution in [2.75, 3.05) is 0 Å². The van der Waals surface area contributed by atoms with Gasteiger partial charge in [0.25, 0.3) is 0 Å². The Hall–Kier alpha value is -2.88. The summed E-state index contributed by atoms with van der Waals surface area (Å²) in [6.45, 7) is 18.4. The van der Waals surface area contributed by atoms with Gasteiger partial charge in [0.2, 0.25) is 0 Å². The van der Waals surface area contributed by atoms with E-state index < -0.39 is 0 Å². The van der Waals surface area contributed by atoms with Gasteiger partial charge in [-0.3, -0.25) is 9.78 Å². The number of aromatic nitrogens is 2. The standard InChI is InChI=1S/C21H17N2.C15H28O2.Ir/c1-13-4-6-18-16(9-13)5-7-19-20(22-12-23-21(18)19)17-10-14(2)8-15(3)11-17;1-7-14(5,8-2)12(16)11-13(17)15(6,9-3)10-4;/h4-10,12H,1-3H3;11,16H,7-10H2,1-6H3;/q-1;;/b;12-11-;. The van der Waals surface area contributed by atoms with E-state index in [9.17, 15) is 9.90 Å². The van der Waals surface area contributed by atoms with Gasteiger partial charge in [0.15, 0.2) is 5.78 Å². The van der Waals surface area contributed by atoms with Crippen molar-refractivity contribution in [2.24, 2.45) is 10.8 Å². The van der Waals surface area contributed by atoms with Crippen LogP contribution in [0.25, 0.3) is 32.9 Å². The Bertz CT molecular complexity index is 1510. The van der Waals surface area contributed by atoms with Crippen molar-refractivity contribution in [3.8, 4) is 11.3 Å². The van der Waals surface area contributed by atoms with Crippen molar-refractivity contribution in [3.63, 3.8) is 0 Å². The molecule has 0 fully saturated rings. The summed E-state index contributed by atoms with van der Waals surface area (Å²) in [7, 11) is 0. The fourth-order valence-electron chi connectivity index (χ4n) is 4.90. The number of hydrogen-bond donors (Lipinski definition) is 1. The first-order chi connectivity index (χ1) is 18.9. The van der Waals surface area contributed by atoms with E-state index in [1.165, 1.54) is 28.0 Å². The minimum absolute atomic E-state index is 0. The number of benzene rings is 3. The summed E-state index contributed by atoms with van der Waals surface area (Å²) >= 11 is 0. The number of aliphatic hydroxyl groups is 1. The molecule has 0 saturated carbocycles. The van der Waals surface area contributed by atoms with Crippen LogP contribution in [0.1, 0.15) is 83.9 Å². The average molecular weight is 730 g/mol. The molecule has 5 heteroatoms. The second kappa shape index (κ2) is 14.3. The SMILES string of the molecule is CCC(C)(CC)C(=O)/C=C(\O)C(C)(CC)CC.Cc1[c-]c(-c2ncnc3c2ccc2cc(C)ccc23)cc(C)c1.[Ir]. The third-order valence-corrected chi connectivity index (χ3v) is 8.78. The van der Waals surface area contributed by atoms with E-state index in [1.807, 2.05) is 41.5 Å². The molecule has 1 N–H and O–H groups in total. The molecule has 0 saturated heterocycles. The van der Waals surface area contributed by atoms with Crippen LogP contribution in [-0.4, -0.2) is 20.9 Å². The van der Waals surface area contributed by atoms with Gasteiger partial charge in [-0.25, -0.2) is 4.98 Å². The predicted octanol–water partition coefficient (Wildman–Crippen LogP) is 9.82. The Morgan fingerprint density at radius 1 is 0.829 bits per heavy atom. The molecule has 4 nitrogen and oxygen atoms in total. The second-order valence-corrected chi connectivity index (χ2v) is 11.6. The summed E-state index contributed by atoms with van der Waals surface area (Å²) in [5.41, 5.74) is 5.98. The summed E-state index contributed by atoms with van der Waals surface area (Å²) in [5, 5.41) is 13.6. The van der Waals surface area contributed by atoms with Crippen molar-refractivity contribution in [3.05, 3.63) is 83.4 Å². The van der Waals surface area contributed by atoms with Gasteiger partial charge in [-0.2, -0.15) is 0 Å². The Morgan fingerprint density at radius 3 is 2.02 bits per heavy atom. The first kappa shape index (κ1) is 34.3. The monoisotopic (exact) mass is 730 g/mol. The van der Waals surface area contributed by atoms with E-state index in [2.05, 4.69) is 79.3 Å². The molecule has 0 aliphatic heterocycles. The molecular formula is C36H45IrN2O2-. The molecule has 3 aromatic carbocycles. The number of allylic oxidation sites excluding steroid dienone is 2. The number of rotatable bonds is 8. The van der Waals surface area contributed by atoms with Crippen LogP contribution >= 0.6 is 0 Å². The van der Waals surface area contributed by atoms with Gasteiger partial charge in [0.1, 0.15) is 12.1 Å². The first-order valence-corrected chi connectivity index (χ1v) is 14.5.